The maximum atomic E-state index is 12.9. The first-order valence-electron chi connectivity index (χ1n) is 9.72. The predicted octanol–water partition coefficient (Wildman–Crippen LogP) is 0.0310. The molecule has 33 heavy (non-hydrogen) atoms. The summed E-state index contributed by atoms with van der Waals surface area (Å²) in [6.07, 6.45) is -5.91. The minimum absolute atomic E-state index is 0.0402. The van der Waals surface area contributed by atoms with Crippen LogP contribution in [0.15, 0.2) is 30.6 Å². The number of aliphatic hydroxyl groups excluding tert-OH is 3. The molecule has 0 bridgehead atoms. The minimum atomic E-state index is -1.64. The maximum Gasteiger partial charge on any atom is 0.344 e. The first-order valence-corrected chi connectivity index (χ1v) is 9.72. The largest absolute Gasteiger partial charge is 0.504 e. The predicted molar refractivity (Wildman–Crippen MR) is 110 cm³/mol. The van der Waals surface area contributed by atoms with Gasteiger partial charge in [-0.05, 0) is 12.1 Å². The molecule has 4 atom stereocenters. The molecule has 3 heterocycles. The monoisotopic (exact) mass is 462 g/mol. The molecule has 0 saturated carbocycles. The summed E-state index contributed by atoms with van der Waals surface area (Å²) in [6, 6.07) is 2.42. The number of phenols is 1. The Kier molecular flexibility index (Phi) is 4.83. The lowest BCUT2D eigenvalue weighted by atomic mass is 10.0. The van der Waals surface area contributed by atoms with Crippen molar-refractivity contribution >= 4 is 32.7 Å². The average molecular weight is 462 g/mol. The molecule has 0 spiro atoms. The van der Waals surface area contributed by atoms with Crippen molar-refractivity contribution in [1.29, 1.82) is 0 Å². The normalized spacial score (nSPS) is 23.4. The lowest BCUT2D eigenvalue weighted by molar-refractivity contribution is -0.247. The second-order valence-corrected chi connectivity index (χ2v) is 7.48. The van der Waals surface area contributed by atoms with E-state index in [-0.39, 0.29) is 56.6 Å². The molecule has 1 fully saturated rings. The highest BCUT2D eigenvalue weighted by Gasteiger charge is 2.39. The Morgan fingerprint density at radius 3 is 2.06 bits per heavy atom. The van der Waals surface area contributed by atoms with E-state index in [1.165, 1.54) is 20.3 Å². The van der Waals surface area contributed by atoms with Crippen molar-refractivity contribution in [3.05, 3.63) is 33.0 Å². The Hall–Kier alpha value is -3.58. The first kappa shape index (κ1) is 21.3. The molecular formula is C21H18O12. The number of phenolic OH excluding ortho intramolecular Hbond substituents is 1. The summed E-state index contributed by atoms with van der Waals surface area (Å²) in [7, 11) is 2.55. The van der Waals surface area contributed by atoms with Crippen molar-refractivity contribution in [3.63, 3.8) is 0 Å². The molecule has 0 aliphatic carbocycles. The highest BCUT2D eigenvalue weighted by atomic mass is 16.6. The molecule has 4 N–H and O–H groups in total. The lowest BCUT2D eigenvalue weighted by Crippen LogP contribution is -2.54. The van der Waals surface area contributed by atoms with E-state index in [9.17, 15) is 30.0 Å². The molecule has 12 heteroatoms. The Morgan fingerprint density at radius 1 is 0.879 bits per heavy atom. The Labute approximate surface area is 183 Å². The fourth-order valence-electron chi connectivity index (χ4n) is 4.08. The van der Waals surface area contributed by atoms with Crippen LogP contribution < -0.4 is 25.5 Å². The van der Waals surface area contributed by atoms with Gasteiger partial charge in [0.15, 0.2) is 35.1 Å². The van der Waals surface area contributed by atoms with Gasteiger partial charge in [-0.2, -0.15) is 0 Å². The van der Waals surface area contributed by atoms with Crippen LogP contribution in [0.1, 0.15) is 0 Å². The lowest BCUT2D eigenvalue weighted by Gasteiger charge is -2.35. The van der Waals surface area contributed by atoms with E-state index in [1.807, 2.05) is 0 Å². The van der Waals surface area contributed by atoms with Crippen molar-refractivity contribution < 1.29 is 48.2 Å². The number of aromatic hydroxyl groups is 1. The van der Waals surface area contributed by atoms with Gasteiger partial charge in [-0.1, -0.05) is 0 Å². The number of hydrogen-bond acceptors (Lipinski definition) is 12. The Balaban J connectivity index is 1.81. The highest BCUT2D eigenvalue weighted by molar-refractivity contribution is 6.22. The van der Waals surface area contributed by atoms with E-state index in [4.69, 9.17) is 27.8 Å². The third-order valence-electron chi connectivity index (χ3n) is 5.64. The maximum absolute atomic E-state index is 12.9. The van der Waals surface area contributed by atoms with Gasteiger partial charge >= 0.3 is 11.3 Å². The van der Waals surface area contributed by atoms with Crippen molar-refractivity contribution in [2.24, 2.45) is 0 Å². The number of aliphatic hydroxyl groups is 3. The van der Waals surface area contributed by atoms with Gasteiger partial charge in [0.1, 0.15) is 12.2 Å². The zero-order chi connectivity index (χ0) is 23.6. The highest BCUT2D eigenvalue weighted by Crippen LogP contribution is 2.45. The third kappa shape index (κ3) is 2.99. The summed E-state index contributed by atoms with van der Waals surface area (Å²) in [5.74, 6) is -0.734. The van der Waals surface area contributed by atoms with E-state index in [0.29, 0.717) is 0 Å². The van der Waals surface area contributed by atoms with Gasteiger partial charge in [0.05, 0.1) is 31.6 Å². The fraction of sp³-hybridized carbons (Fsp3) is 0.333. The number of methoxy groups -OCH3 is 2. The second-order valence-electron chi connectivity index (χ2n) is 7.48. The second kappa shape index (κ2) is 7.49. The molecule has 0 radical (unpaired) electrons. The quantitative estimate of drug-likeness (QED) is 0.237. The summed E-state index contributed by atoms with van der Waals surface area (Å²) in [5, 5.41) is 40.1. The van der Waals surface area contributed by atoms with Gasteiger partial charge in [0.2, 0.25) is 11.5 Å². The van der Waals surface area contributed by atoms with Crippen LogP contribution in [0.25, 0.3) is 32.7 Å². The molecule has 5 rings (SSSR count). The van der Waals surface area contributed by atoms with Gasteiger partial charge in [0.25, 0.3) is 0 Å². The SMILES string of the molecule is COc1c(O)cc2c(=O)oc3c(OC)c(OC4COC(O)C(O)C4O)cc4c(=O)oc1c2c34. The number of hydrogen-bond donors (Lipinski definition) is 4. The van der Waals surface area contributed by atoms with Crippen LogP contribution in [-0.4, -0.2) is 65.9 Å². The van der Waals surface area contributed by atoms with Crippen molar-refractivity contribution in [3.8, 4) is 23.0 Å². The molecule has 4 unspecified atom stereocenters. The molecule has 4 aromatic rings. The van der Waals surface area contributed by atoms with Crippen LogP contribution in [0.2, 0.25) is 0 Å². The van der Waals surface area contributed by atoms with Crippen molar-refractivity contribution in [2.45, 2.75) is 24.6 Å². The van der Waals surface area contributed by atoms with Crippen LogP contribution in [-0.2, 0) is 4.74 Å². The number of benzene rings is 2. The summed E-state index contributed by atoms with van der Waals surface area (Å²) in [6.45, 7) is -0.289. The summed E-state index contributed by atoms with van der Waals surface area (Å²) < 4.78 is 32.1. The molecular weight excluding hydrogens is 444 g/mol. The Morgan fingerprint density at radius 2 is 1.45 bits per heavy atom. The van der Waals surface area contributed by atoms with E-state index in [0.717, 1.165) is 6.07 Å². The zero-order valence-corrected chi connectivity index (χ0v) is 17.2. The van der Waals surface area contributed by atoms with Crippen molar-refractivity contribution in [1.82, 2.24) is 0 Å². The Bertz CT molecular complexity index is 1480. The topological polar surface area (TPSA) is 178 Å². The molecule has 1 aliphatic heterocycles. The van der Waals surface area contributed by atoms with Gasteiger partial charge < -0.3 is 48.2 Å². The number of rotatable bonds is 4. The van der Waals surface area contributed by atoms with E-state index in [2.05, 4.69) is 0 Å². The zero-order valence-electron chi connectivity index (χ0n) is 17.2. The average Bonchev–Trinajstić information content (AvgIpc) is 2.78. The molecule has 1 aliphatic rings. The summed E-state index contributed by atoms with van der Waals surface area (Å²) in [4.78, 5) is 25.6. The molecule has 2 aromatic heterocycles. The van der Waals surface area contributed by atoms with Crippen LogP contribution in [0.5, 0.6) is 23.0 Å². The van der Waals surface area contributed by atoms with Crippen LogP contribution >= 0.6 is 0 Å². The standard InChI is InChI=1S/C21H18O12/c1-28-15-8(22)3-6-11-12-7(20(26)32-17(11)15)4-9(16(29-2)18(12)33-19(6)25)31-10-5-30-21(27)14(24)13(10)23/h3-4,10,13-14,21-24,27H,5H2,1-2H3. The van der Waals surface area contributed by atoms with Gasteiger partial charge in [-0.15, -0.1) is 0 Å². The van der Waals surface area contributed by atoms with Crippen molar-refractivity contribution in [2.75, 3.05) is 20.8 Å². The first-order chi connectivity index (χ1) is 15.8. The molecule has 174 valence electrons. The number of ether oxygens (including phenoxy) is 4. The van der Waals surface area contributed by atoms with Gasteiger partial charge in [-0.25, -0.2) is 9.59 Å². The van der Waals surface area contributed by atoms with E-state index in [1.54, 1.807) is 0 Å². The molecule has 2 aromatic carbocycles. The van der Waals surface area contributed by atoms with E-state index < -0.39 is 41.6 Å². The molecule has 12 nitrogen and oxygen atoms in total. The molecule has 1 saturated heterocycles. The fourth-order valence-corrected chi connectivity index (χ4v) is 4.08. The summed E-state index contributed by atoms with van der Waals surface area (Å²) in [5.41, 5.74) is -1.99. The van der Waals surface area contributed by atoms with E-state index >= 15 is 0 Å². The smallest absolute Gasteiger partial charge is 0.344 e. The van der Waals surface area contributed by atoms with Crippen LogP contribution in [0, 0.1) is 0 Å². The van der Waals surface area contributed by atoms with Gasteiger partial charge in [0, 0.05) is 10.8 Å². The van der Waals surface area contributed by atoms with Gasteiger partial charge in [-0.3, -0.25) is 0 Å². The summed E-state index contributed by atoms with van der Waals surface area (Å²) >= 11 is 0. The third-order valence-corrected chi connectivity index (χ3v) is 5.64. The molecule has 0 amide bonds. The van der Waals surface area contributed by atoms with Crippen LogP contribution in [0.4, 0.5) is 0 Å². The van der Waals surface area contributed by atoms with Crippen LogP contribution in [0.3, 0.4) is 0 Å². The minimum Gasteiger partial charge on any atom is -0.504 e.